The lowest BCUT2D eigenvalue weighted by Gasteiger charge is -2.29. The van der Waals surface area contributed by atoms with E-state index in [1.807, 2.05) is 27.7 Å². The molecule has 0 N–H and O–H groups in total. The molecule has 1 aliphatic rings. The molecule has 134 valence electrons. The van der Waals surface area contributed by atoms with Crippen LogP contribution in [0.3, 0.4) is 0 Å². The summed E-state index contributed by atoms with van der Waals surface area (Å²) in [5, 5.41) is 0. The van der Waals surface area contributed by atoms with E-state index in [0.29, 0.717) is 37.4 Å². The fourth-order valence-corrected chi connectivity index (χ4v) is 3.17. The molecule has 0 spiro atoms. The maximum absolute atomic E-state index is 12.6. The van der Waals surface area contributed by atoms with Crippen LogP contribution in [0, 0.1) is 35.5 Å². The number of ether oxygens (including phenoxy) is 2. The smallest absolute Gasteiger partial charge is 0.310 e. The number of esters is 2. The first kappa shape index (κ1) is 20.0. The number of carbonyl (C=O) groups excluding carboxylic acids is 2. The number of hydrogen-bond acceptors (Lipinski definition) is 4. The lowest BCUT2D eigenvalue weighted by molar-refractivity contribution is -0.164. The van der Waals surface area contributed by atoms with E-state index < -0.39 is 0 Å². The van der Waals surface area contributed by atoms with E-state index in [2.05, 4.69) is 13.8 Å². The third-order valence-electron chi connectivity index (χ3n) is 4.76. The van der Waals surface area contributed by atoms with Crippen molar-refractivity contribution in [3.8, 4) is 0 Å². The van der Waals surface area contributed by atoms with Gasteiger partial charge in [0.25, 0.3) is 0 Å². The van der Waals surface area contributed by atoms with Gasteiger partial charge in [-0.2, -0.15) is 0 Å². The lowest BCUT2D eigenvalue weighted by Crippen LogP contribution is -2.38. The first-order valence-corrected chi connectivity index (χ1v) is 9.07. The number of hydrogen-bond donors (Lipinski definition) is 0. The van der Waals surface area contributed by atoms with Gasteiger partial charge in [0.15, 0.2) is 0 Å². The lowest BCUT2D eigenvalue weighted by atomic mass is 9.77. The summed E-state index contributed by atoms with van der Waals surface area (Å²) >= 11 is 0. The van der Waals surface area contributed by atoms with E-state index in [4.69, 9.17) is 9.47 Å². The average Bonchev–Trinajstić information content (AvgIpc) is 2.62. The summed E-state index contributed by atoms with van der Waals surface area (Å²) in [6.45, 7) is 13.1. The highest BCUT2D eigenvalue weighted by atomic mass is 16.5. The van der Waals surface area contributed by atoms with Crippen molar-refractivity contribution in [2.75, 3.05) is 13.2 Å². The van der Waals surface area contributed by atoms with Gasteiger partial charge in [0.05, 0.1) is 25.0 Å². The Morgan fingerprint density at radius 1 is 0.913 bits per heavy atom. The zero-order valence-corrected chi connectivity index (χ0v) is 15.6. The summed E-state index contributed by atoms with van der Waals surface area (Å²) in [5.41, 5.74) is 0. The normalized spacial score (nSPS) is 28.5. The first-order chi connectivity index (χ1) is 10.7. The Balaban J connectivity index is 2.88. The van der Waals surface area contributed by atoms with Crippen LogP contribution >= 0.6 is 0 Å². The van der Waals surface area contributed by atoms with Gasteiger partial charge in [0.2, 0.25) is 0 Å². The minimum atomic E-state index is -0.383. The Morgan fingerprint density at radius 3 is 1.96 bits per heavy atom. The van der Waals surface area contributed by atoms with Gasteiger partial charge in [0, 0.05) is 0 Å². The van der Waals surface area contributed by atoms with Crippen LogP contribution < -0.4 is 0 Å². The van der Waals surface area contributed by atoms with Crippen molar-refractivity contribution in [1.82, 2.24) is 0 Å². The van der Waals surface area contributed by atoms with Crippen LogP contribution in [0.1, 0.15) is 60.8 Å². The Labute approximate surface area is 141 Å². The molecule has 1 rings (SSSR count). The Hall–Kier alpha value is -1.06. The van der Waals surface area contributed by atoms with Gasteiger partial charge in [-0.25, -0.2) is 0 Å². The van der Waals surface area contributed by atoms with Crippen LogP contribution in [-0.2, 0) is 19.1 Å². The van der Waals surface area contributed by atoms with Gasteiger partial charge in [-0.05, 0) is 30.1 Å². The molecular weight excluding hydrogens is 292 g/mol. The van der Waals surface area contributed by atoms with E-state index in [1.54, 1.807) is 0 Å². The minimum absolute atomic E-state index is 0.133. The zero-order valence-electron chi connectivity index (χ0n) is 15.6. The molecule has 4 heteroatoms. The van der Waals surface area contributed by atoms with E-state index in [9.17, 15) is 9.59 Å². The molecule has 23 heavy (non-hydrogen) atoms. The maximum atomic E-state index is 12.6. The number of rotatable bonds is 6. The molecule has 0 aliphatic heterocycles. The van der Waals surface area contributed by atoms with E-state index >= 15 is 0 Å². The Bertz CT molecular complexity index is 389. The zero-order chi connectivity index (χ0) is 17.6. The van der Waals surface area contributed by atoms with Crippen molar-refractivity contribution < 1.29 is 19.1 Å². The van der Waals surface area contributed by atoms with Crippen LogP contribution in [0.15, 0.2) is 0 Å². The van der Waals surface area contributed by atoms with Gasteiger partial charge in [-0.15, -0.1) is 0 Å². The molecule has 0 aromatic carbocycles. The maximum Gasteiger partial charge on any atom is 0.310 e. The number of carbonyl (C=O) groups is 2. The van der Waals surface area contributed by atoms with E-state index in [0.717, 1.165) is 12.8 Å². The second-order valence-electron chi connectivity index (χ2n) is 7.95. The van der Waals surface area contributed by atoms with Gasteiger partial charge in [-0.1, -0.05) is 54.4 Å². The molecule has 0 heterocycles. The fourth-order valence-electron chi connectivity index (χ4n) is 3.17. The topological polar surface area (TPSA) is 52.6 Å². The molecule has 1 saturated carbocycles. The molecule has 0 aromatic rings. The largest absolute Gasteiger partial charge is 0.465 e. The SMILES string of the molecule is CC(C)COC(=O)C1CCCC(C)C(C)C1C(=O)OCC(C)C. The summed E-state index contributed by atoms with van der Waals surface area (Å²) in [6.07, 6.45) is 2.72. The predicted octanol–water partition coefficient (Wildman–Crippen LogP) is 4.07. The van der Waals surface area contributed by atoms with Crippen molar-refractivity contribution in [2.45, 2.75) is 60.8 Å². The van der Waals surface area contributed by atoms with Gasteiger partial charge >= 0.3 is 11.9 Å². The van der Waals surface area contributed by atoms with E-state index in [1.165, 1.54) is 0 Å². The molecule has 1 fully saturated rings. The monoisotopic (exact) mass is 326 g/mol. The summed E-state index contributed by atoms with van der Waals surface area (Å²) in [4.78, 5) is 25.2. The standard InChI is InChI=1S/C19H34O4/c1-12(2)10-22-18(20)16-9-7-8-14(5)15(6)17(16)19(21)23-11-13(3)4/h12-17H,7-11H2,1-6H3. The molecule has 0 aromatic heterocycles. The first-order valence-electron chi connectivity index (χ1n) is 9.07. The molecule has 4 nitrogen and oxygen atoms in total. The molecule has 0 amide bonds. The fraction of sp³-hybridized carbons (Fsp3) is 0.895. The molecule has 0 radical (unpaired) electrons. The minimum Gasteiger partial charge on any atom is -0.465 e. The summed E-state index contributed by atoms with van der Waals surface area (Å²) in [5.74, 6) is -0.0728. The predicted molar refractivity (Wildman–Crippen MR) is 90.8 cm³/mol. The van der Waals surface area contributed by atoms with Gasteiger partial charge in [0.1, 0.15) is 0 Å². The molecule has 1 aliphatic carbocycles. The van der Waals surface area contributed by atoms with Crippen molar-refractivity contribution in [3.63, 3.8) is 0 Å². The highest BCUT2D eigenvalue weighted by Gasteiger charge is 2.43. The summed E-state index contributed by atoms with van der Waals surface area (Å²) < 4.78 is 10.9. The van der Waals surface area contributed by atoms with Gasteiger partial charge in [-0.3, -0.25) is 9.59 Å². The van der Waals surface area contributed by atoms with Crippen molar-refractivity contribution >= 4 is 11.9 Å². The Kier molecular flexibility index (Phi) is 8.07. The van der Waals surface area contributed by atoms with Crippen LogP contribution in [0.4, 0.5) is 0 Å². The Morgan fingerprint density at radius 2 is 1.43 bits per heavy atom. The molecular formula is C19H34O4. The van der Waals surface area contributed by atoms with Crippen molar-refractivity contribution in [3.05, 3.63) is 0 Å². The second kappa shape index (κ2) is 9.29. The highest BCUT2D eigenvalue weighted by molar-refractivity contribution is 5.82. The molecule has 4 unspecified atom stereocenters. The van der Waals surface area contributed by atoms with Crippen LogP contribution in [0.5, 0.6) is 0 Å². The van der Waals surface area contributed by atoms with Crippen LogP contribution in [0.25, 0.3) is 0 Å². The van der Waals surface area contributed by atoms with Crippen LogP contribution in [-0.4, -0.2) is 25.2 Å². The summed E-state index contributed by atoms with van der Waals surface area (Å²) in [6, 6.07) is 0. The van der Waals surface area contributed by atoms with Crippen LogP contribution in [0.2, 0.25) is 0 Å². The molecule has 0 bridgehead atoms. The van der Waals surface area contributed by atoms with E-state index in [-0.39, 0.29) is 29.7 Å². The average molecular weight is 326 g/mol. The second-order valence-corrected chi connectivity index (χ2v) is 7.95. The summed E-state index contributed by atoms with van der Waals surface area (Å²) in [7, 11) is 0. The molecule has 4 atom stereocenters. The highest BCUT2D eigenvalue weighted by Crippen LogP contribution is 2.38. The third-order valence-corrected chi connectivity index (χ3v) is 4.76. The third kappa shape index (κ3) is 6.15. The molecule has 0 saturated heterocycles. The van der Waals surface area contributed by atoms with Crippen molar-refractivity contribution in [2.24, 2.45) is 35.5 Å². The van der Waals surface area contributed by atoms with Gasteiger partial charge < -0.3 is 9.47 Å². The quantitative estimate of drug-likeness (QED) is 0.545. The van der Waals surface area contributed by atoms with Crippen molar-refractivity contribution in [1.29, 1.82) is 0 Å².